The number of hydrogen-bond donors (Lipinski definition) is 0. The summed E-state index contributed by atoms with van der Waals surface area (Å²) < 4.78 is 2.61. The van der Waals surface area contributed by atoms with E-state index in [1.54, 1.807) is 0 Å². The largest absolute Gasteiger partial charge is 0.335 e. The van der Waals surface area contributed by atoms with Gasteiger partial charge in [-0.05, 0) is 189 Å². The Morgan fingerprint density at radius 1 is 0.512 bits per heavy atom. The van der Waals surface area contributed by atoms with Crippen molar-refractivity contribution in [3.05, 3.63) is 210 Å². The molecule has 2 aliphatic carbocycles. The zero-order valence-corrected chi connectivity index (χ0v) is 49.2. The van der Waals surface area contributed by atoms with Gasteiger partial charge in [0.1, 0.15) is 0 Å². The molecule has 0 saturated heterocycles. The van der Waals surface area contributed by atoms with E-state index in [0.717, 1.165) is 30.6 Å². The molecule has 0 spiro atoms. The molecule has 2 unspecified atom stereocenters. The highest BCUT2D eigenvalue weighted by atomic mass is 32.1. The van der Waals surface area contributed by atoms with E-state index in [9.17, 15) is 0 Å². The summed E-state index contributed by atoms with van der Waals surface area (Å²) in [6.45, 7) is 24.5. The van der Waals surface area contributed by atoms with Gasteiger partial charge in [0.25, 0.3) is 6.71 Å². The zero-order valence-electron chi connectivity index (χ0n) is 48.4. The van der Waals surface area contributed by atoms with Crippen LogP contribution in [-0.4, -0.2) is 12.3 Å². The molecule has 80 heavy (non-hydrogen) atoms. The summed E-state index contributed by atoms with van der Waals surface area (Å²) in [5.41, 5.74) is 26.4. The van der Waals surface area contributed by atoms with Crippen LogP contribution in [0.2, 0.25) is 0 Å². The SMILES string of the molecule is Cc1cc2c3c(c1)N1c4c(cc(-c5ccccc5)cc4C4(C)CCCCC14C)B3c1ccc(N(c3ccc(C(C)(C)C)cc3)c3cccc4sc5ccccc5c34)cc1N2c1cc2c(cc1-c1ccccc1)C(C)(C)CCC2(C)C. The fraction of sp³-hybridized carbons (Fsp3) is 0.280. The van der Waals surface area contributed by atoms with Gasteiger partial charge >= 0.3 is 0 Å². The van der Waals surface area contributed by atoms with Gasteiger partial charge in [0.2, 0.25) is 0 Å². The lowest BCUT2D eigenvalue weighted by Crippen LogP contribution is -2.64. The molecule has 9 aromatic carbocycles. The Labute approximate surface area is 479 Å². The van der Waals surface area contributed by atoms with Crippen LogP contribution in [0, 0.1) is 6.92 Å². The predicted octanol–water partition coefficient (Wildman–Crippen LogP) is 19.2. The van der Waals surface area contributed by atoms with Crippen LogP contribution < -0.4 is 31.1 Å². The fourth-order valence-corrected chi connectivity index (χ4v) is 16.9. The van der Waals surface area contributed by atoms with Crippen LogP contribution in [0.4, 0.5) is 45.5 Å². The van der Waals surface area contributed by atoms with Crippen molar-refractivity contribution in [2.24, 2.45) is 0 Å². The van der Waals surface area contributed by atoms with Gasteiger partial charge in [0.15, 0.2) is 0 Å². The summed E-state index contributed by atoms with van der Waals surface area (Å²) in [6, 6.07) is 71.1. The van der Waals surface area contributed by atoms with Crippen molar-refractivity contribution in [3.63, 3.8) is 0 Å². The second-order valence-electron chi connectivity index (χ2n) is 27.1. The molecule has 3 aliphatic heterocycles. The minimum Gasteiger partial charge on any atom is -0.335 e. The second-order valence-corrected chi connectivity index (χ2v) is 28.2. The first-order chi connectivity index (χ1) is 38.4. The van der Waals surface area contributed by atoms with Gasteiger partial charge in [-0.3, -0.25) is 0 Å². The van der Waals surface area contributed by atoms with Crippen molar-refractivity contribution in [1.29, 1.82) is 0 Å². The molecule has 15 rings (SSSR count). The summed E-state index contributed by atoms with van der Waals surface area (Å²) in [5, 5.41) is 2.59. The predicted molar refractivity (Wildman–Crippen MR) is 346 cm³/mol. The van der Waals surface area contributed by atoms with Crippen molar-refractivity contribution < 1.29 is 0 Å². The highest BCUT2D eigenvalue weighted by molar-refractivity contribution is 7.26. The first-order valence-electron chi connectivity index (χ1n) is 29.6. The van der Waals surface area contributed by atoms with E-state index in [-0.39, 0.29) is 33.9 Å². The standard InChI is InChI=1S/C75H72BN3S/c1-47-40-64-69-65(41-47)79-70-58(74(9)36-19-20-37-75(74,79)10)42-50(48-22-13-11-14-23-48)43-60(70)76(69)59-35-34-53(44-63(59)78(64)62-46-57-56(72(5,6)38-39-73(57,7)8)45-55(62)49-24-15-12-16-25-49)77(52-32-30-51(31-33-52)71(2,3)4)61-27-21-29-67-68(61)54-26-17-18-28-66(54)80-67/h11-18,21-35,40-46H,19-20,36-39H2,1-10H3. The molecule has 3 nitrogen and oxygen atoms in total. The summed E-state index contributed by atoms with van der Waals surface area (Å²) in [7, 11) is 0. The van der Waals surface area contributed by atoms with Crippen molar-refractivity contribution in [1.82, 2.24) is 0 Å². The Balaban J connectivity index is 1.07. The number of anilines is 8. The highest BCUT2D eigenvalue weighted by Crippen LogP contribution is 2.63. The Morgan fingerprint density at radius 2 is 1.16 bits per heavy atom. The van der Waals surface area contributed by atoms with Crippen LogP contribution >= 0.6 is 11.3 Å². The summed E-state index contributed by atoms with van der Waals surface area (Å²) in [5.74, 6) is 0. The van der Waals surface area contributed by atoms with Gasteiger partial charge in [-0.2, -0.15) is 0 Å². The summed E-state index contributed by atoms with van der Waals surface area (Å²) in [4.78, 5) is 8.23. The lowest BCUT2D eigenvalue weighted by Gasteiger charge is -2.53. The maximum Gasteiger partial charge on any atom is 0.252 e. The monoisotopic (exact) mass is 1060 g/mol. The molecule has 4 heterocycles. The number of thiophene rings is 1. The van der Waals surface area contributed by atoms with E-state index in [1.807, 2.05) is 11.3 Å². The molecule has 0 radical (unpaired) electrons. The van der Waals surface area contributed by atoms with Crippen LogP contribution in [0.3, 0.4) is 0 Å². The first kappa shape index (κ1) is 49.7. The van der Waals surface area contributed by atoms with Gasteiger partial charge in [-0.15, -0.1) is 11.3 Å². The van der Waals surface area contributed by atoms with Gasteiger partial charge in [-0.25, -0.2) is 0 Å². The molecule has 1 aromatic heterocycles. The van der Waals surface area contributed by atoms with E-state index in [2.05, 4.69) is 266 Å². The lowest BCUT2D eigenvalue weighted by atomic mass is 9.33. The normalized spacial score (nSPS) is 20.1. The Bertz CT molecular complexity index is 4180. The third-order valence-electron chi connectivity index (χ3n) is 20.4. The number of rotatable bonds is 6. The van der Waals surface area contributed by atoms with Crippen molar-refractivity contribution in [2.45, 2.75) is 135 Å². The maximum absolute atomic E-state index is 2.90. The van der Waals surface area contributed by atoms with Gasteiger partial charge in [0, 0.05) is 65.3 Å². The third-order valence-corrected chi connectivity index (χ3v) is 21.6. The molecule has 1 fully saturated rings. The van der Waals surface area contributed by atoms with Crippen LogP contribution in [0.15, 0.2) is 182 Å². The second kappa shape index (κ2) is 17.3. The topological polar surface area (TPSA) is 9.72 Å². The molecule has 0 N–H and O–H groups in total. The maximum atomic E-state index is 2.90. The van der Waals surface area contributed by atoms with Crippen LogP contribution in [0.25, 0.3) is 42.4 Å². The zero-order chi connectivity index (χ0) is 54.8. The van der Waals surface area contributed by atoms with Crippen LogP contribution in [0.1, 0.15) is 129 Å². The van der Waals surface area contributed by atoms with Gasteiger partial charge in [-0.1, -0.05) is 177 Å². The average molecular weight is 1060 g/mol. The molecule has 0 amide bonds. The number of benzene rings is 9. The van der Waals surface area contributed by atoms with E-state index >= 15 is 0 Å². The average Bonchev–Trinajstić information content (AvgIpc) is 3.46. The highest BCUT2D eigenvalue weighted by Gasteiger charge is 2.61. The molecule has 5 aliphatic rings. The molecule has 396 valence electrons. The Hall–Kier alpha value is -7.34. The van der Waals surface area contributed by atoms with Crippen LogP contribution in [0.5, 0.6) is 0 Å². The number of hydrogen-bond acceptors (Lipinski definition) is 4. The minimum absolute atomic E-state index is 0.0128. The third kappa shape index (κ3) is 7.11. The van der Waals surface area contributed by atoms with E-state index in [0.29, 0.717) is 0 Å². The Morgan fingerprint density at radius 3 is 1.90 bits per heavy atom. The smallest absolute Gasteiger partial charge is 0.252 e. The van der Waals surface area contributed by atoms with Crippen LogP contribution in [-0.2, 0) is 21.7 Å². The van der Waals surface area contributed by atoms with E-state index < -0.39 is 0 Å². The molecular weight excluding hydrogens is 986 g/mol. The number of fused-ring (bicyclic) bond motifs is 11. The molecule has 1 saturated carbocycles. The van der Waals surface area contributed by atoms with Gasteiger partial charge in [0.05, 0.1) is 16.9 Å². The first-order valence-corrected chi connectivity index (χ1v) is 30.4. The van der Waals surface area contributed by atoms with Crippen molar-refractivity contribution >= 4 is 100 Å². The number of aryl methyl sites for hydroxylation is 1. The van der Waals surface area contributed by atoms with E-state index in [1.165, 1.54) is 140 Å². The lowest BCUT2D eigenvalue weighted by molar-refractivity contribution is 0.195. The Kier molecular flexibility index (Phi) is 10.8. The molecule has 2 atom stereocenters. The minimum atomic E-state index is -0.106. The summed E-state index contributed by atoms with van der Waals surface area (Å²) >= 11 is 1.89. The fourth-order valence-electron chi connectivity index (χ4n) is 15.8. The van der Waals surface area contributed by atoms with E-state index in [4.69, 9.17) is 0 Å². The summed E-state index contributed by atoms with van der Waals surface area (Å²) in [6.07, 6.45) is 7.11. The van der Waals surface area contributed by atoms with Crippen molar-refractivity contribution in [3.8, 4) is 22.3 Å². The van der Waals surface area contributed by atoms with Crippen molar-refractivity contribution in [2.75, 3.05) is 14.7 Å². The molecule has 10 aromatic rings. The quantitative estimate of drug-likeness (QED) is 0.154. The van der Waals surface area contributed by atoms with Gasteiger partial charge < -0.3 is 14.7 Å². The molecule has 5 heteroatoms. The molecule has 0 bridgehead atoms. The molecular formula is C75H72BN3S. The number of nitrogens with zero attached hydrogens (tertiary/aromatic N) is 3.